The smallest absolute Gasteiger partial charge is 0.0610 e. The van der Waals surface area contributed by atoms with Crippen LogP contribution in [0, 0.1) is 6.92 Å². The van der Waals surface area contributed by atoms with Crippen molar-refractivity contribution >= 4 is 11.6 Å². The van der Waals surface area contributed by atoms with Gasteiger partial charge in [-0.2, -0.15) is 5.10 Å². The zero-order chi connectivity index (χ0) is 13.1. The molecule has 96 valence electrons. The molecular formula is C14H18ClN3. The Hall–Kier alpha value is -1.32. The Morgan fingerprint density at radius 3 is 2.50 bits per heavy atom. The summed E-state index contributed by atoms with van der Waals surface area (Å²) in [5.41, 5.74) is 3.59. The van der Waals surface area contributed by atoms with Crippen LogP contribution in [-0.4, -0.2) is 16.3 Å². The number of rotatable bonds is 4. The molecule has 2 aromatic rings. The van der Waals surface area contributed by atoms with Crippen LogP contribution in [-0.2, 0) is 7.05 Å². The molecule has 1 aromatic heterocycles. The first-order chi connectivity index (χ1) is 8.63. The maximum atomic E-state index is 5.94. The van der Waals surface area contributed by atoms with Crippen LogP contribution in [0.15, 0.2) is 30.5 Å². The van der Waals surface area contributed by atoms with Gasteiger partial charge in [-0.3, -0.25) is 4.68 Å². The van der Waals surface area contributed by atoms with Gasteiger partial charge < -0.3 is 5.32 Å². The molecule has 1 aromatic carbocycles. The summed E-state index contributed by atoms with van der Waals surface area (Å²) < 4.78 is 1.90. The molecule has 2 rings (SSSR count). The summed E-state index contributed by atoms with van der Waals surface area (Å²) in [5.74, 6) is 0. The predicted molar refractivity (Wildman–Crippen MR) is 74.9 cm³/mol. The van der Waals surface area contributed by atoms with Gasteiger partial charge in [-0.25, -0.2) is 0 Å². The summed E-state index contributed by atoms with van der Waals surface area (Å²) in [6, 6.07) is 8.13. The predicted octanol–water partition coefficient (Wildman–Crippen LogP) is 3.08. The highest BCUT2D eigenvalue weighted by atomic mass is 35.5. The lowest BCUT2D eigenvalue weighted by Gasteiger charge is -2.18. The van der Waals surface area contributed by atoms with E-state index >= 15 is 0 Å². The van der Waals surface area contributed by atoms with Gasteiger partial charge in [-0.05, 0) is 31.2 Å². The van der Waals surface area contributed by atoms with Crippen LogP contribution in [0.2, 0.25) is 5.02 Å². The monoisotopic (exact) mass is 263 g/mol. The summed E-state index contributed by atoms with van der Waals surface area (Å²) in [5, 5.41) is 8.57. The van der Waals surface area contributed by atoms with Crippen molar-refractivity contribution in [3.63, 3.8) is 0 Å². The third-order valence-electron chi connectivity index (χ3n) is 3.20. The molecular weight excluding hydrogens is 246 g/mol. The topological polar surface area (TPSA) is 29.9 Å². The first-order valence-corrected chi connectivity index (χ1v) is 6.48. The van der Waals surface area contributed by atoms with E-state index in [0.717, 1.165) is 11.6 Å². The number of hydrogen-bond donors (Lipinski definition) is 1. The summed E-state index contributed by atoms with van der Waals surface area (Å²) >= 11 is 5.94. The first-order valence-electron chi connectivity index (χ1n) is 6.10. The van der Waals surface area contributed by atoms with Gasteiger partial charge in [0.05, 0.1) is 12.2 Å². The molecule has 0 amide bonds. The van der Waals surface area contributed by atoms with Crippen LogP contribution < -0.4 is 5.32 Å². The molecule has 0 bridgehead atoms. The minimum absolute atomic E-state index is 0.168. The number of nitrogens with zero attached hydrogens (tertiary/aromatic N) is 2. The quantitative estimate of drug-likeness (QED) is 0.919. The summed E-state index contributed by atoms with van der Waals surface area (Å²) in [7, 11) is 1.96. The van der Waals surface area contributed by atoms with Crippen molar-refractivity contribution in [2.75, 3.05) is 6.54 Å². The van der Waals surface area contributed by atoms with Gasteiger partial charge in [0.25, 0.3) is 0 Å². The summed E-state index contributed by atoms with van der Waals surface area (Å²) in [6.07, 6.45) is 1.93. The zero-order valence-corrected chi connectivity index (χ0v) is 11.7. The molecule has 0 saturated heterocycles. The van der Waals surface area contributed by atoms with Crippen molar-refractivity contribution in [3.8, 4) is 0 Å². The second-order valence-electron chi connectivity index (χ2n) is 4.35. The van der Waals surface area contributed by atoms with E-state index in [-0.39, 0.29) is 6.04 Å². The fourth-order valence-electron chi connectivity index (χ4n) is 2.07. The first kappa shape index (κ1) is 13.1. The Morgan fingerprint density at radius 1 is 1.33 bits per heavy atom. The van der Waals surface area contributed by atoms with E-state index in [2.05, 4.69) is 36.4 Å². The largest absolute Gasteiger partial charge is 0.306 e. The fourth-order valence-corrected chi connectivity index (χ4v) is 2.19. The molecule has 0 aliphatic carbocycles. The third kappa shape index (κ3) is 2.57. The highest BCUT2D eigenvalue weighted by Gasteiger charge is 2.17. The zero-order valence-electron chi connectivity index (χ0n) is 10.9. The van der Waals surface area contributed by atoms with Gasteiger partial charge in [0, 0.05) is 23.3 Å². The maximum Gasteiger partial charge on any atom is 0.0610 e. The van der Waals surface area contributed by atoms with E-state index < -0.39 is 0 Å². The van der Waals surface area contributed by atoms with Gasteiger partial charge in [0.2, 0.25) is 0 Å². The molecule has 1 N–H and O–H groups in total. The van der Waals surface area contributed by atoms with Gasteiger partial charge in [0.15, 0.2) is 0 Å². The van der Waals surface area contributed by atoms with E-state index in [4.69, 9.17) is 11.6 Å². The fraction of sp³-hybridized carbons (Fsp3) is 0.357. The molecule has 0 saturated carbocycles. The molecule has 1 atom stereocenters. The van der Waals surface area contributed by atoms with Crippen molar-refractivity contribution in [1.29, 1.82) is 0 Å². The van der Waals surface area contributed by atoms with Crippen LogP contribution in [0.3, 0.4) is 0 Å². The van der Waals surface area contributed by atoms with E-state index in [1.165, 1.54) is 16.8 Å². The minimum Gasteiger partial charge on any atom is -0.306 e. The lowest BCUT2D eigenvalue weighted by Crippen LogP contribution is -2.22. The van der Waals surface area contributed by atoms with Gasteiger partial charge in [-0.15, -0.1) is 0 Å². The lowest BCUT2D eigenvalue weighted by molar-refractivity contribution is 0.625. The SMILES string of the molecule is CCNC(c1ccc(Cl)cc1)c1cnn(C)c1C. The summed E-state index contributed by atoms with van der Waals surface area (Å²) in [6.45, 7) is 5.10. The Labute approximate surface area is 113 Å². The average molecular weight is 264 g/mol. The molecule has 0 spiro atoms. The van der Waals surface area contributed by atoms with E-state index in [0.29, 0.717) is 0 Å². The van der Waals surface area contributed by atoms with Crippen molar-refractivity contribution in [3.05, 3.63) is 52.3 Å². The van der Waals surface area contributed by atoms with E-state index in [1.807, 2.05) is 30.1 Å². The van der Waals surface area contributed by atoms with Gasteiger partial charge in [-0.1, -0.05) is 30.7 Å². The number of hydrogen-bond acceptors (Lipinski definition) is 2. The van der Waals surface area contributed by atoms with Crippen LogP contribution in [0.4, 0.5) is 0 Å². The second-order valence-corrected chi connectivity index (χ2v) is 4.79. The van der Waals surface area contributed by atoms with E-state index in [1.54, 1.807) is 0 Å². The Morgan fingerprint density at radius 2 is 2.00 bits per heavy atom. The second kappa shape index (κ2) is 5.55. The van der Waals surface area contributed by atoms with Crippen molar-refractivity contribution in [1.82, 2.24) is 15.1 Å². The Balaban J connectivity index is 2.39. The number of benzene rings is 1. The number of nitrogens with one attached hydrogen (secondary N) is 1. The molecule has 3 nitrogen and oxygen atoms in total. The van der Waals surface area contributed by atoms with Crippen LogP contribution in [0.5, 0.6) is 0 Å². The summed E-state index contributed by atoms with van der Waals surface area (Å²) in [4.78, 5) is 0. The van der Waals surface area contributed by atoms with Gasteiger partial charge in [0.1, 0.15) is 0 Å². The minimum atomic E-state index is 0.168. The standard InChI is InChI=1S/C14H18ClN3/c1-4-16-14(11-5-7-12(15)8-6-11)13-9-17-18(3)10(13)2/h5-9,14,16H,4H2,1-3H3. The number of aryl methyl sites for hydroxylation is 1. The molecule has 4 heteroatoms. The highest BCUT2D eigenvalue weighted by Crippen LogP contribution is 2.25. The number of aromatic nitrogens is 2. The van der Waals surface area contributed by atoms with Crippen molar-refractivity contribution in [2.45, 2.75) is 19.9 Å². The maximum absolute atomic E-state index is 5.94. The molecule has 1 heterocycles. The molecule has 18 heavy (non-hydrogen) atoms. The van der Waals surface area contributed by atoms with Crippen molar-refractivity contribution in [2.24, 2.45) is 7.05 Å². The van der Waals surface area contributed by atoms with Crippen LogP contribution in [0.1, 0.15) is 29.8 Å². The highest BCUT2D eigenvalue weighted by molar-refractivity contribution is 6.30. The normalized spacial score (nSPS) is 12.7. The lowest BCUT2D eigenvalue weighted by atomic mass is 9.99. The molecule has 0 fully saturated rings. The Kier molecular flexibility index (Phi) is 4.04. The average Bonchev–Trinajstić information content (AvgIpc) is 2.69. The number of halogens is 1. The van der Waals surface area contributed by atoms with Crippen LogP contribution in [0.25, 0.3) is 0 Å². The van der Waals surface area contributed by atoms with Crippen LogP contribution >= 0.6 is 11.6 Å². The molecule has 0 aliphatic heterocycles. The van der Waals surface area contributed by atoms with Gasteiger partial charge >= 0.3 is 0 Å². The van der Waals surface area contributed by atoms with Crippen molar-refractivity contribution < 1.29 is 0 Å². The molecule has 1 unspecified atom stereocenters. The molecule has 0 aliphatic rings. The third-order valence-corrected chi connectivity index (χ3v) is 3.45. The molecule has 0 radical (unpaired) electrons. The van der Waals surface area contributed by atoms with E-state index in [9.17, 15) is 0 Å². The Bertz CT molecular complexity index is 516.